The van der Waals surface area contributed by atoms with Crippen LogP contribution in [0.15, 0.2) is 48.8 Å². The summed E-state index contributed by atoms with van der Waals surface area (Å²) in [4.78, 5) is 0. The molecule has 0 atom stereocenters. The van der Waals surface area contributed by atoms with Gasteiger partial charge < -0.3 is 10.2 Å². The standard InChI is InChI=1S/C13H18N2/c1-4-6-11(2)9-13-10-15-14-8-5-7-12(13)3/h4-8,10,14-15H,2,9H2,1,3H3/b6-4-,8-5?,12-7?,13-10?. The Bertz CT molecular complexity index is 392. The molecule has 0 amide bonds. The van der Waals surface area contributed by atoms with E-state index in [9.17, 15) is 0 Å². The van der Waals surface area contributed by atoms with Crippen molar-refractivity contribution in [2.24, 2.45) is 0 Å². The van der Waals surface area contributed by atoms with Gasteiger partial charge in [0, 0.05) is 12.4 Å². The van der Waals surface area contributed by atoms with Crippen LogP contribution in [0.4, 0.5) is 0 Å². The first kappa shape index (κ1) is 11.4. The quantitative estimate of drug-likeness (QED) is 0.704. The fourth-order valence-electron chi connectivity index (χ4n) is 1.37. The molecule has 0 saturated heterocycles. The maximum Gasteiger partial charge on any atom is 0.0215 e. The SMILES string of the molecule is C=C(/C=C\C)Cc1c[nH][nH]cccc1C. The summed E-state index contributed by atoms with van der Waals surface area (Å²) in [6, 6.07) is 4.07. The van der Waals surface area contributed by atoms with Crippen molar-refractivity contribution in [3.05, 3.63) is 60.0 Å². The Kier molecular flexibility index (Phi) is 4.48. The summed E-state index contributed by atoms with van der Waals surface area (Å²) in [5.74, 6) is 0. The molecule has 1 aromatic heterocycles. The number of aromatic nitrogens is 2. The molecule has 0 radical (unpaired) electrons. The average Bonchev–Trinajstić information content (AvgIpc) is 2.18. The lowest BCUT2D eigenvalue weighted by atomic mass is 10.0. The van der Waals surface area contributed by atoms with Crippen molar-refractivity contribution in [1.82, 2.24) is 10.2 Å². The second-order valence-electron chi connectivity index (χ2n) is 3.50. The molecule has 0 spiro atoms. The topological polar surface area (TPSA) is 31.6 Å². The van der Waals surface area contributed by atoms with Gasteiger partial charge in [-0.2, -0.15) is 0 Å². The van der Waals surface area contributed by atoms with E-state index in [1.54, 1.807) is 0 Å². The van der Waals surface area contributed by atoms with Crippen LogP contribution in [0.25, 0.3) is 0 Å². The third kappa shape index (κ3) is 3.90. The maximum absolute atomic E-state index is 4.01. The normalized spacial score (nSPS) is 10.3. The second kappa shape index (κ2) is 5.91. The number of H-pyrrole nitrogens is 2. The van der Waals surface area contributed by atoms with Crippen molar-refractivity contribution in [3.8, 4) is 0 Å². The van der Waals surface area contributed by atoms with Crippen LogP contribution in [-0.2, 0) is 6.42 Å². The van der Waals surface area contributed by atoms with E-state index in [0.717, 1.165) is 12.0 Å². The maximum atomic E-state index is 4.01. The lowest BCUT2D eigenvalue weighted by molar-refractivity contribution is 1.01. The number of hydrogen-bond donors (Lipinski definition) is 2. The zero-order chi connectivity index (χ0) is 11.1. The first-order valence-corrected chi connectivity index (χ1v) is 5.08. The molecule has 0 aliphatic rings. The van der Waals surface area contributed by atoms with Gasteiger partial charge in [-0.1, -0.05) is 30.4 Å². The van der Waals surface area contributed by atoms with Crippen LogP contribution in [0.1, 0.15) is 18.1 Å². The van der Waals surface area contributed by atoms with Gasteiger partial charge in [-0.05, 0) is 37.5 Å². The molecule has 0 aromatic carbocycles. The molecule has 0 bridgehead atoms. The van der Waals surface area contributed by atoms with Crippen molar-refractivity contribution in [2.75, 3.05) is 0 Å². The highest BCUT2D eigenvalue weighted by Crippen LogP contribution is 2.09. The predicted octanol–water partition coefficient (Wildman–Crippen LogP) is 3.45. The highest BCUT2D eigenvalue weighted by molar-refractivity contribution is 5.28. The second-order valence-corrected chi connectivity index (χ2v) is 3.50. The van der Waals surface area contributed by atoms with Crippen LogP contribution in [0.3, 0.4) is 0 Å². The minimum Gasteiger partial charge on any atom is -0.309 e. The van der Waals surface area contributed by atoms with E-state index >= 15 is 0 Å². The Morgan fingerprint density at radius 3 is 3.00 bits per heavy atom. The Morgan fingerprint density at radius 1 is 1.47 bits per heavy atom. The molecule has 1 heterocycles. The fraction of sp³-hybridized carbons (Fsp3) is 0.231. The Hall–Kier alpha value is -1.70. The summed E-state index contributed by atoms with van der Waals surface area (Å²) in [5, 5.41) is 5.95. The third-order valence-electron chi connectivity index (χ3n) is 2.18. The molecule has 1 aromatic rings. The minimum atomic E-state index is 0.870. The number of aryl methyl sites for hydroxylation is 1. The monoisotopic (exact) mass is 202 g/mol. The van der Waals surface area contributed by atoms with Crippen LogP contribution in [0.5, 0.6) is 0 Å². The third-order valence-corrected chi connectivity index (χ3v) is 2.18. The van der Waals surface area contributed by atoms with Crippen molar-refractivity contribution in [3.63, 3.8) is 0 Å². The van der Waals surface area contributed by atoms with Gasteiger partial charge >= 0.3 is 0 Å². The molecule has 2 heteroatoms. The Morgan fingerprint density at radius 2 is 2.27 bits per heavy atom. The van der Waals surface area contributed by atoms with Gasteiger partial charge in [0.2, 0.25) is 0 Å². The Balaban J connectivity index is 2.95. The van der Waals surface area contributed by atoms with Crippen molar-refractivity contribution < 1.29 is 0 Å². The van der Waals surface area contributed by atoms with E-state index in [0.29, 0.717) is 0 Å². The van der Waals surface area contributed by atoms with Crippen molar-refractivity contribution >= 4 is 0 Å². The molecule has 1 rings (SSSR count). The number of hydrogen-bond acceptors (Lipinski definition) is 0. The first-order chi connectivity index (χ1) is 7.24. The predicted molar refractivity (Wildman–Crippen MR) is 65.2 cm³/mol. The summed E-state index contributed by atoms with van der Waals surface area (Å²) in [6.45, 7) is 8.11. The smallest absolute Gasteiger partial charge is 0.0215 e. The van der Waals surface area contributed by atoms with E-state index in [4.69, 9.17) is 0 Å². The summed E-state index contributed by atoms with van der Waals surface area (Å²) in [7, 11) is 0. The van der Waals surface area contributed by atoms with Crippen LogP contribution in [-0.4, -0.2) is 10.2 Å². The van der Waals surface area contributed by atoms with Gasteiger partial charge in [-0.25, -0.2) is 0 Å². The van der Waals surface area contributed by atoms with Gasteiger partial charge in [0.05, 0.1) is 0 Å². The van der Waals surface area contributed by atoms with E-state index in [-0.39, 0.29) is 0 Å². The molecular formula is C13H18N2. The lowest BCUT2D eigenvalue weighted by Gasteiger charge is -2.03. The van der Waals surface area contributed by atoms with Crippen LogP contribution in [0.2, 0.25) is 0 Å². The molecule has 15 heavy (non-hydrogen) atoms. The molecule has 0 aliphatic heterocycles. The van der Waals surface area contributed by atoms with Gasteiger partial charge in [-0.15, -0.1) is 0 Å². The first-order valence-electron chi connectivity index (χ1n) is 5.08. The molecule has 80 valence electrons. The van der Waals surface area contributed by atoms with Crippen LogP contribution >= 0.6 is 0 Å². The number of aromatic amines is 2. The molecule has 0 aliphatic carbocycles. The van der Waals surface area contributed by atoms with E-state index in [1.807, 2.05) is 37.5 Å². The summed E-state index contributed by atoms with van der Waals surface area (Å²) in [5.41, 5.74) is 3.61. The number of allylic oxidation sites excluding steroid dienone is 3. The zero-order valence-electron chi connectivity index (χ0n) is 9.38. The molecule has 0 saturated carbocycles. The molecule has 2 nitrogen and oxygen atoms in total. The van der Waals surface area contributed by atoms with Crippen molar-refractivity contribution in [1.29, 1.82) is 0 Å². The molecular weight excluding hydrogens is 184 g/mol. The van der Waals surface area contributed by atoms with Gasteiger partial charge in [0.25, 0.3) is 0 Å². The van der Waals surface area contributed by atoms with Crippen molar-refractivity contribution in [2.45, 2.75) is 20.3 Å². The number of rotatable bonds is 3. The van der Waals surface area contributed by atoms with Gasteiger partial charge in [0.15, 0.2) is 0 Å². The molecule has 0 fully saturated rings. The average molecular weight is 202 g/mol. The van der Waals surface area contributed by atoms with Gasteiger partial charge in [0.1, 0.15) is 0 Å². The van der Waals surface area contributed by atoms with E-state index < -0.39 is 0 Å². The van der Waals surface area contributed by atoms with Crippen LogP contribution in [0, 0.1) is 6.92 Å². The Labute approximate surface area is 91.0 Å². The highest BCUT2D eigenvalue weighted by atomic mass is 15.1. The molecule has 2 N–H and O–H groups in total. The highest BCUT2D eigenvalue weighted by Gasteiger charge is 1.96. The lowest BCUT2D eigenvalue weighted by Crippen LogP contribution is -1.91. The zero-order valence-corrected chi connectivity index (χ0v) is 9.38. The fourth-order valence-corrected chi connectivity index (χ4v) is 1.37. The van der Waals surface area contributed by atoms with E-state index in [1.165, 1.54) is 11.1 Å². The summed E-state index contributed by atoms with van der Waals surface area (Å²) < 4.78 is 0. The van der Waals surface area contributed by atoms with Gasteiger partial charge in [-0.3, -0.25) is 0 Å². The summed E-state index contributed by atoms with van der Waals surface area (Å²) >= 11 is 0. The minimum absolute atomic E-state index is 0.870. The summed E-state index contributed by atoms with van der Waals surface area (Å²) in [6.07, 6.45) is 8.75. The van der Waals surface area contributed by atoms with Crippen LogP contribution < -0.4 is 0 Å². The molecule has 0 unspecified atom stereocenters. The van der Waals surface area contributed by atoms with E-state index in [2.05, 4.69) is 29.8 Å². The number of nitrogens with one attached hydrogen (secondary N) is 2. The largest absolute Gasteiger partial charge is 0.309 e.